The van der Waals surface area contributed by atoms with Gasteiger partial charge in [-0.2, -0.15) is 0 Å². The maximum Gasteiger partial charge on any atom is 0.234 e. The molecule has 0 rings (SSSR count). The first-order valence-corrected chi connectivity index (χ1v) is 21.8. The van der Waals surface area contributed by atoms with Gasteiger partial charge >= 0.3 is 0 Å². The SMILES string of the molecule is CC(C)C(C)NC(=O)CN(C)C.CCC(=O)NC(C)C(C)C.CCCC(=O)NC(C)C(C)C.CCCC(=O)NC(C)C(C)C.CCCCC(=O)NC(C)C(C)C. The van der Waals surface area contributed by atoms with E-state index in [1.54, 1.807) is 0 Å². The van der Waals surface area contributed by atoms with E-state index in [0.29, 0.717) is 86.0 Å². The maximum absolute atomic E-state index is 11.2. The number of carbonyl (C=O) groups excluding carboxylic acids is 5. The lowest BCUT2D eigenvalue weighted by molar-refractivity contribution is -0.123. The van der Waals surface area contributed by atoms with Crippen molar-refractivity contribution in [2.45, 2.75) is 213 Å². The average Bonchev–Trinajstić information content (AvgIpc) is 3.07. The molecule has 0 aromatic carbocycles. The number of unbranched alkanes of at least 4 members (excludes halogenated alkanes) is 1. The van der Waals surface area contributed by atoms with Gasteiger partial charge in [-0.25, -0.2) is 0 Å². The summed E-state index contributed by atoms with van der Waals surface area (Å²) >= 11 is 0. The largest absolute Gasteiger partial charge is 0.353 e. The van der Waals surface area contributed by atoms with Gasteiger partial charge in [-0.05, 0) is 97.6 Å². The predicted octanol–water partition coefficient (Wildman–Crippen LogP) is 8.50. The Hall–Kier alpha value is -2.69. The summed E-state index contributed by atoms with van der Waals surface area (Å²) in [6.07, 6.45) is 6.49. The normalized spacial score (nSPS) is 13.3. The molecule has 0 aliphatic carbocycles. The Morgan fingerprint density at radius 2 is 0.625 bits per heavy atom. The molecule has 56 heavy (non-hydrogen) atoms. The van der Waals surface area contributed by atoms with E-state index in [9.17, 15) is 24.0 Å². The number of nitrogens with zero attached hydrogens (tertiary/aromatic N) is 1. The van der Waals surface area contributed by atoms with Crippen molar-refractivity contribution in [1.29, 1.82) is 0 Å². The van der Waals surface area contributed by atoms with Crippen LogP contribution in [0.3, 0.4) is 0 Å². The third-order valence-electron chi connectivity index (χ3n) is 9.44. The Morgan fingerprint density at radius 1 is 0.375 bits per heavy atom. The zero-order valence-electron chi connectivity index (χ0n) is 40.6. The Kier molecular flexibility index (Phi) is 43.7. The topological polar surface area (TPSA) is 149 Å². The first-order valence-electron chi connectivity index (χ1n) is 21.8. The molecule has 5 amide bonds. The van der Waals surface area contributed by atoms with Gasteiger partial charge in [-0.3, -0.25) is 24.0 Å². The number of nitrogens with one attached hydrogen (secondary N) is 5. The fourth-order valence-corrected chi connectivity index (χ4v) is 3.55. The van der Waals surface area contributed by atoms with Gasteiger partial charge < -0.3 is 31.5 Å². The summed E-state index contributed by atoms with van der Waals surface area (Å²) in [7, 11) is 3.78. The zero-order valence-corrected chi connectivity index (χ0v) is 40.6. The maximum atomic E-state index is 11.2. The summed E-state index contributed by atoms with van der Waals surface area (Å²) in [6, 6.07) is 1.46. The Labute approximate surface area is 347 Å². The molecule has 11 heteroatoms. The van der Waals surface area contributed by atoms with Crippen LogP contribution >= 0.6 is 0 Å². The number of hydrogen-bond acceptors (Lipinski definition) is 6. The van der Waals surface area contributed by atoms with Crippen LogP contribution in [0.4, 0.5) is 0 Å². The predicted molar refractivity (Wildman–Crippen MR) is 240 cm³/mol. The van der Waals surface area contributed by atoms with Crippen LogP contribution in [-0.2, 0) is 24.0 Å². The van der Waals surface area contributed by atoms with Crippen molar-refractivity contribution in [3.8, 4) is 0 Å². The standard InChI is InChI=1S/C10H21NO.C9H20N2O.2C9H19NO.C8H17NO/c1-5-6-7-10(12)11-9(4)8(2)3;1-7(2)8(3)10-9(12)6-11(4)5;2*1-5-6-9(11)10-8(4)7(2)3;1-5-8(10)9-7(4)6(2)3/h8-9H,5-7H2,1-4H3,(H,11,12);7-8H,6H2,1-5H3,(H,10,12);2*7-8H,5-6H2,1-4H3,(H,10,11);6-7H,5H2,1-4H3,(H,9,10). The Morgan fingerprint density at radius 3 is 0.839 bits per heavy atom. The van der Waals surface area contributed by atoms with Crippen LogP contribution in [0.5, 0.6) is 0 Å². The molecule has 0 aromatic heterocycles. The molecule has 336 valence electrons. The number of rotatable bonds is 20. The number of likely N-dealkylation sites (N-methyl/N-ethyl adjacent to an activating group) is 1. The van der Waals surface area contributed by atoms with Crippen LogP contribution in [0.25, 0.3) is 0 Å². The van der Waals surface area contributed by atoms with Crippen molar-refractivity contribution in [1.82, 2.24) is 31.5 Å². The highest BCUT2D eigenvalue weighted by atomic mass is 16.2. The van der Waals surface area contributed by atoms with Gasteiger partial charge in [0.15, 0.2) is 0 Å². The second-order valence-corrected chi connectivity index (χ2v) is 17.2. The molecular weight excluding hydrogens is 705 g/mol. The average molecular weight is 801 g/mol. The summed E-state index contributed by atoms with van der Waals surface area (Å²) in [5.41, 5.74) is 0. The van der Waals surface area contributed by atoms with Crippen LogP contribution in [0.15, 0.2) is 0 Å². The van der Waals surface area contributed by atoms with Crippen molar-refractivity contribution in [2.75, 3.05) is 20.6 Å². The lowest BCUT2D eigenvalue weighted by Gasteiger charge is -2.18. The molecule has 0 aromatic rings. The first kappa shape index (κ1) is 62.5. The molecule has 0 saturated heterocycles. The molecule has 0 spiro atoms. The summed E-state index contributed by atoms with van der Waals surface area (Å²) in [5, 5.41) is 14.7. The van der Waals surface area contributed by atoms with Gasteiger partial charge in [0.05, 0.1) is 6.54 Å². The molecule has 0 fully saturated rings. The highest BCUT2D eigenvalue weighted by molar-refractivity contribution is 5.78. The smallest absolute Gasteiger partial charge is 0.234 e. The van der Waals surface area contributed by atoms with Crippen molar-refractivity contribution in [3.63, 3.8) is 0 Å². The number of amides is 5. The van der Waals surface area contributed by atoms with E-state index in [2.05, 4.69) is 110 Å². The van der Waals surface area contributed by atoms with Gasteiger partial charge in [0.25, 0.3) is 0 Å². The van der Waals surface area contributed by atoms with Crippen molar-refractivity contribution >= 4 is 29.5 Å². The van der Waals surface area contributed by atoms with E-state index in [0.717, 1.165) is 25.7 Å². The van der Waals surface area contributed by atoms with E-state index in [1.165, 1.54) is 0 Å². The molecule has 0 heterocycles. The summed E-state index contributed by atoms with van der Waals surface area (Å²) in [5.74, 6) is 3.37. The van der Waals surface area contributed by atoms with E-state index in [-0.39, 0.29) is 35.6 Å². The fraction of sp³-hybridized carbons (Fsp3) is 0.889. The minimum absolute atomic E-state index is 0.0983. The highest BCUT2D eigenvalue weighted by Gasteiger charge is 2.12. The Balaban J connectivity index is -0.000000194. The van der Waals surface area contributed by atoms with Gasteiger partial charge in [0, 0.05) is 55.9 Å². The fourth-order valence-electron chi connectivity index (χ4n) is 3.55. The molecule has 11 nitrogen and oxygen atoms in total. The van der Waals surface area contributed by atoms with Gasteiger partial charge in [0.2, 0.25) is 29.5 Å². The summed E-state index contributed by atoms with van der Waals surface area (Å²) in [6.45, 7) is 39.7. The molecule has 0 bridgehead atoms. The molecule has 0 radical (unpaired) electrons. The van der Waals surface area contributed by atoms with E-state index >= 15 is 0 Å². The van der Waals surface area contributed by atoms with E-state index in [4.69, 9.17) is 0 Å². The molecular formula is C45H96N6O5. The summed E-state index contributed by atoms with van der Waals surface area (Å²) in [4.78, 5) is 57.2. The molecule has 0 aliphatic heterocycles. The summed E-state index contributed by atoms with van der Waals surface area (Å²) < 4.78 is 0. The quantitative estimate of drug-likeness (QED) is 0.0834. The van der Waals surface area contributed by atoms with Crippen LogP contribution < -0.4 is 26.6 Å². The third-order valence-corrected chi connectivity index (χ3v) is 9.44. The van der Waals surface area contributed by atoms with Crippen LogP contribution in [-0.4, -0.2) is 85.3 Å². The monoisotopic (exact) mass is 801 g/mol. The van der Waals surface area contributed by atoms with Gasteiger partial charge in [-0.15, -0.1) is 0 Å². The van der Waals surface area contributed by atoms with Crippen molar-refractivity contribution in [2.24, 2.45) is 29.6 Å². The van der Waals surface area contributed by atoms with Crippen LogP contribution in [0, 0.1) is 29.6 Å². The van der Waals surface area contributed by atoms with E-state index < -0.39 is 0 Å². The molecule has 0 saturated carbocycles. The van der Waals surface area contributed by atoms with E-state index in [1.807, 2.05) is 67.5 Å². The zero-order chi connectivity index (χ0) is 45.1. The second-order valence-electron chi connectivity index (χ2n) is 17.2. The third kappa shape index (κ3) is 45.7. The second kappa shape index (κ2) is 39.2. The van der Waals surface area contributed by atoms with Gasteiger partial charge in [0.1, 0.15) is 0 Å². The van der Waals surface area contributed by atoms with Crippen LogP contribution in [0.2, 0.25) is 0 Å². The lowest BCUT2D eigenvalue weighted by atomic mass is 10.1. The molecule has 5 unspecified atom stereocenters. The minimum Gasteiger partial charge on any atom is -0.353 e. The van der Waals surface area contributed by atoms with Crippen molar-refractivity contribution < 1.29 is 24.0 Å². The Bertz CT molecular complexity index is 954. The highest BCUT2D eigenvalue weighted by Crippen LogP contribution is 2.03. The number of hydrogen-bond donors (Lipinski definition) is 5. The van der Waals surface area contributed by atoms with Crippen LogP contribution in [0.1, 0.15) is 183 Å². The van der Waals surface area contributed by atoms with Gasteiger partial charge in [-0.1, -0.05) is 103 Å². The molecule has 5 N–H and O–H groups in total. The minimum atomic E-state index is 0.0983. The molecule has 5 atom stereocenters. The lowest BCUT2D eigenvalue weighted by Crippen LogP contribution is -2.40. The van der Waals surface area contributed by atoms with Crippen molar-refractivity contribution in [3.05, 3.63) is 0 Å². The first-order chi connectivity index (χ1) is 25.7. The molecule has 0 aliphatic rings. The number of carbonyl (C=O) groups is 5.